The molecule has 2 heterocycles. The molecule has 6 heteroatoms. The third kappa shape index (κ3) is 3.43. The number of pyridine rings is 1. The van der Waals surface area contributed by atoms with Crippen LogP contribution in [-0.4, -0.2) is 19.6 Å². The van der Waals surface area contributed by atoms with Crippen LogP contribution >= 0.6 is 0 Å². The molecule has 0 saturated carbocycles. The number of nitrogens with zero attached hydrogens (tertiary/aromatic N) is 4. The lowest BCUT2D eigenvalue weighted by Gasteiger charge is -2.11. The topological polar surface area (TPSA) is 101 Å². The van der Waals surface area contributed by atoms with Gasteiger partial charge in [0.1, 0.15) is 11.6 Å². The number of fused-ring (bicyclic) bond motifs is 1. The van der Waals surface area contributed by atoms with Crippen LogP contribution in [0.3, 0.4) is 0 Å². The van der Waals surface area contributed by atoms with Gasteiger partial charge in [-0.1, -0.05) is 26.0 Å². The zero-order valence-corrected chi connectivity index (χ0v) is 15.8. The Morgan fingerprint density at radius 2 is 1.86 bits per heavy atom. The molecule has 0 amide bonds. The molecule has 0 bridgehead atoms. The van der Waals surface area contributed by atoms with E-state index in [1.54, 1.807) is 18.3 Å². The van der Waals surface area contributed by atoms with Crippen molar-refractivity contribution in [3.63, 3.8) is 0 Å². The van der Waals surface area contributed by atoms with Crippen LogP contribution in [0.15, 0.2) is 60.8 Å². The Balaban J connectivity index is 0.00000109. The van der Waals surface area contributed by atoms with Crippen molar-refractivity contribution >= 4 is 16.9 Å². The first-order valence-corrected chi connectivity index (χ1v) is 9.05. The molecule has 0 fully saturated rings. The molecular formula is C22H21N5O. The molecule has 4 rings (SSSR count). The first kappa shape index (κ1) is 19.1. The summed E-state index contributed by atoms with van der Waals surface area (Å²) in [6, 6.07) is 18.7. The van der Waals surface area contributed by atoms with Crippen LogP contribution in [0.1, 0.15) is 25.0 Å². The fraction of sp³-hybridized carbons (Fsp3) is 0.136. The Hall–Kier alpha value is -3.69. The second-order valence-corrected chi connectivity index (χ2v) is 5.85. The highest BCUT2D eigenvalue weighted by Gasteiger charge is 2.17. The molecule has 2 aromatic carbocycles. The minimum atomic E-state index is -0.0219. The SMILES string of the molecule is CC.N#Cc1ccc2nc(-c3cccnc3N)n(-c3ccc(CO)cc3)c2c1. The van der Waals surface area contributed by atoms with Crippen LogP contribution in [0.2, 0.25) is 0 Å². The summed E-state index contributed by atoms with van der Waals surface area (Å²) >= 11 is 0. The number of hydrogen-bond acceptors (Lipinski definition) is 5. The third-order valence-corrected chi connectivity index (χ3v) is 4.24. The summed E-state index contributed by atoms with van der Waals surface area (Å²) in [6.45, 7) is 3.98. The maximum Gasteiger partial charge on any atom is 0.149 e. The van der Waals surface area contributed by atoms with Crippen LogP contribution in [-0.2, 0) is 6.61 Å². The predicted octanol–water partition coefficient (Wildman–Crippen LogP) is 4.06. The molecule has 0 atom stereocenters. The van der Waals surface area contributed by atoms with Gasteiger partial charge in [0.2, 0.25) is 0 Å². The van der Waals surface area contributed by atoms with Gasteiger partial charge >= 0.3 is 0 Å². The number of nitriles is 1. The van der Waals surface area contributed by atoms with Crippen LogP contribution < -0.4 is 5.73 Å². The van der Waals surface area contributed by atoms with Crippen LogP contribution in [0.25, 0.3) is 28.1 Å². The minimum absolute atomic E-state index is 0.0219. The quantitative estimate of drug-likeness (QED) is 0.565. The molecule has 2 aromatic heterocycles. The van der Waals surface area contributed by atoms with E-state index in [2.05, 4.69) is 11.1 Å². The smallest absolute Gasteiger partial charge is 0.149 e. The lowest BCUT2D eigenvalue weighted by atomic mass is 10.2. The molecule has 3 N–H and O–H groups in total. The van der Waals surface area contributed by atoms with E-state index in [-0.39, 0.29) is 6.61 Å². The minimum Gasteiger partial charge on any atom is -0.392 e. The van der Waals surface area contributed by atoms with E-state index in [0.717, 1.165) is 22.3 Å². The number of aliphatic hydroxyl groups is 1. The average molecular weight is 371 g/mol. The van der Waals surface area contributed by atoms with E-state index in [4.69, 9.17) is 10.7 Å². The Labute approximate surface area is 163 Å². The van der Waals surface area contributed by atoms with E-state index in [0.29, 0.717) is 22.8 Å². The number of anilines is 1. The molecule has 0 aliphatic rings. The molecule has 4 aromatic rings. The normalized spacial score (nSPS) is 10.2. The maximum absolute atomic E-state index is 9.29. The number of rotatable bonds is 3. The molecule has 140 valence electrons. The van der Waals surface area contributed by atoms with Gasteiger partial charge in [-0.05, 0) is 48.0 Å². The Kier molecular flexibility index (Phi) is 5.68. The van der Waals surface area contributed by atoms with Gasteiger partial charge in [0, 0.05) is 11.9 Å². The number of nitrogen functional groups attached to an aromatic ring is 1. The Morgan fingerprint density at radius 3 is 2.50 bits per heavy atom. The molecule has 0 spiro atoms. The van der Waals surface area contributed by atoms with Crippen molar-refractivity contribution in [3.8, 4) is 23.1 Å². The summed E-state index contributed by atoms with van der Waals surface area (Å²) in [5, 5.41) is 18.5. The van der Waals surface area contributed by atoms with Crippen LogP contribution in [0, 0.1) is 11.3 Å². The molecule has 6 nitrogen and oxygen atoms in total. The highest BCUT2D eigenvalue weighted by atomic mass is 16.3. The van der Waals surface area contributed by atoms with Gasteiger partial charge in [0.05, 0.1) is 34.8 Å². The van der Waals surface area contributed by atoms with Crippen molar-refractivity contribution in [2.75, 3.05) is 5.73 Å². The highest BCUT2D eigenvalue weighted by Crippen LogP contribution is 2.31. The molecule has 0 radical (unpaired) electrons. The van der Waals surface area contributed by atoms with Crippen molar-refractivity contribution in [2.45, 2.75) is 20.5 Å². The second-order valence-electron chi connectivity index (χ2n) is 5.85. The van der Waals surface area contributed by atoms with Crippen molar-refractivity contribution < 1.29 is 5.11 Å². The van der Waals surface area contributed by atoms with Gasteiger partial charge in [-0.2, -0.15) is 5.26 Å². The van der Waals surface area contributed by atoms with Gasteiger partial charge in [0.25, 0.3) is 0 Å². The van der Waals surface area contributed by atoms with Crippen molar-refractivity contribution in [1.82, 2.24) is 14.5 Å². The van der Waals surface area contributed by atoms with Gasteiger partial charge in [-0.25, -0.2) is 9.97 Å². The van der Waals surface area contributed by atoms with E-state index in [1.165, 1.54) is 0 Å². The number of aromatic nitrogens is 3. The molecule has 0 aliphatic heterocycles. The summed E-state index contributed by atoms with van der Waals surface area (Å²) < 4.78 is 1.95. The predicted molar refractivity (Wildman–Crippen MR) is 111 cm³/mol. The first-order chi connectivity index (χ1) is 13.7. The third-order valence-electron chi connectivity index (χ3n) is 4.24. The zero-order valence-electron chi connectivity index (χ0n) is 15.8. The summed E-state index contributed by atoms with van der Waals surface area (Å²) in [6.07, 6.45) is 1.63. The van der Waals surface area contributed by atoms with Gasteiger partial charge in [0.15, 0.2) is 0 Å². The van der Waals surface area contributed by atoms with Crippen LogP contribution in [0.4, 0.5) is 5.82 Å². The first-order valence-electron chi connectivity index (χ1n) is 9.05. The molecule has 0 aliphatic carbocycles. The summed E-state index contributed by atoms with van der Waals surface area (Å²) in [5.74, 6) is 1.04. The van der Waals surface area contributed by atoms with Crippen molar-refractivity contribution in [2.24, 2.45) is 0 Å². The van der Waals surface area contributed by atoms with Crippen molar-refractivity contribution in [3.05, 3.63) is 71.9 Å². The standard InChI is InChI=1S/C20H15N5O.C2H6/c21-11-14-5-8-17-18(10-14)25(15-6-3-13(12-26)4-7-15)20(24-17)16-2-1-9-23-19(16)22;1-2/h1-10,26H,12H2,(H2,22,23);1-2H3. The van der Waals surface area contributed by atoms with Gasteiger partial charge < -0.3 is 10.8 Å². The second kappa shape index (κ2) is 8.33. The number of aliphatic hydroxyl groups excluding tert-OH is 1. The fourth-order valence-corrected chi connectivity index (χ4v) is 2.94. The average Bonchev–Trinajstić information content (AvgIpc) is 3.13. The zero-order chi connectivity index (χ0) is 20.1. The number of hydrogen-bond donors (Lipinski definition) is 2. The fourth-order valence-electron chi connectivity index (χ4n) is 2.94. The Bertz CT molecular complexity index is 1140. The van der Waals surface area contributed by atoms with E-state index in [1.807, 2.05) is 60.9 Å². The van der Waals surface area contributed by atoms with Gasteiger partial charge in [-0.3, -0.25) is 4.57 Å². The summed E-state index contributed by atoms with van der Waals surface area (Å²) in [4.78, 5) is 8.88. The maximum atomic E-state index is 9.29. The molecule has 0 unspecified atom stereocenters. The number of imidazole rings is 1. The largest absolute Gasteiger partial charge is 0.392 e. The lowest BCUT2D eigenvalue weighted by Crippen LogP contribution is -2.01. The monoisotopic (exact) mass is 371 g/mol. The van der Waals surface area contributed by atoms with E-state index >= 15 is 0 Å². The van der Waals surface area contributed by atoms with E-state index in [9.17, 15) is 10.4 Å². The van der Waals surface area contributed by atoms with Gasteiger partial charge in [-0.15, -0.1) is 0 Å². The highest BCUT2D eigenvalue weighted by molar-refractivity contribution is 5.86. The van der Waals surface area contributed by atoms with Crippen LogP contribution in [0.5, 0.6) is 0 Å². The summed E-state index contributed by atoms with van der Waals surface area (Å²) in [7, 11) is 0. The molecule has 0 saturated heterocycles. The number of nitrogens with two attached hydrogens (primary N) is 1. The lowest BCUT2D eigenvalue weighted by molar-refractivity contribution is 0.282. The number of benzene rings is 2. The molecule has 28 heavy (non-hydrogen) atoms. The Morgan fingerprint density at radius 1 is 1.11 bits per heavy atom. The van der Waals surface area contributed by atoms with Crippen molar-refractivity contribution in [1.29, 1.82) is 5.26 Å². The van der Waals surface area contributed by atoms with E-state index < -0.39 is 0 Å². The summed E-state index contributed by atoms with van der Waals surface area (Å²) in [5.41, 5.74) is 10.6. The molecular weight excluding hydrogens is 350 g/mol.